The number of rotatable bonds is 2. The van der Waals surface area contributed by atoms with E-state index in [0.717, 1.165) is 0 Å². The predicted octanol–water partition coefficient (Wildman–Crippen LogP) is 11.9. The highest BCUT2D eigenvalue weighted by atomic mass is 14.4. The van der Waals surface area contributed by atoms with E-state index in [1.165, 1.54) is 87.6 Å². The standard InChI is InChI=1S/C43H30/c1-43(2)40-25-31(30-17-15-27-9-3-4-11-29(27)23-30)19-21-36(40)37-22-20-32(26-41(37)43)39-24-33-18-16-28-10-5-6-12-34(28)42(33)38-14-8-7-13-35(38)39/h3-26H,1-2H3. The monoisotopic (exact) mass is 546 g/mol. The normalized spacial score (nSPS) is 13.5. The van der Waals surface area contributed by atoms with Gasteiger partial charge in [0.25, 0.3) is 0 Å². The summed E-state index contributed by atoms with van der Waals surface area (Å²) < 4.78 is 0. The Hall–Kier alpha value is -5.20. The maximum Gasteiger partial charge on any atom is 0.0159 e. The van der Waals surface area contributed by atoms with Gasteiger partial charge in [-0.2, -0.15) is 0 Å². The van der Waals surface area contributed by atoms with Crippen molar-refractivity contribution >= 4 is 43.1 Å². The van der Waals surface area contributed by atoms with Crippen LogP contribution in [0.2, 0.25) is 0 Å². The van der Waals surface area contributed by atoms with Crippen molar-refractivity contribution in [2.24, 2.45) is 0 Å². The smallest absolute Gasteiger partial charge is 0.0159 e. The molecule has 0 heteroatoms. The molecule has 43 heavy (non-hydrogen) atoms. The fraction of sp³-hybridized carbons (Fsp3) is 0.0698. The van der Waals surface area contributed by atoms with E-state index in [0.29, 0.717) is 0 Å². The molecule has 0 atom stereocenters. The molecular formula is C43H30. The van der Waals surface area contributed by atoms with Crippen LogP contribution in [0.15, 0.2) is 146 Å². The second-order valence-electron chi connectivity index (χ2n) is 12.6. The third kappa shape index (κ3) is 3.57. The molecule has 0 radical (unpaired) electrons. The van der Waals surface area contributed by atoms with Crippen molar-refractivity contribution in [3.8, 4) is 33.4 Å². The van der Waals surface area contributed by atoms with Crippen LogP contribution in [0.3, 0.4) is 0 Å². The van der Waals surface area contributed by atoms with Gasteiger partial charge in [0.15, 0.2) is 0 Å². The molecule has 0 spiro atoms. The van der Waals surface area contributed by atoms with Crippen molar-refractivity contribution in [1.82, 2.24) is 0 Å². The van der Waals surface area contributed by atoms with Gasteiger partial charge < -0.3 is 0 Å². The van der Waals surface area contributed by atoms with Gasteiger partial charge in [0.05, 0.1) is 0 Å². The molecule has 0 heterocycles. The maximum atomic E-state index is 2.46. The fourth-order valence-corrected chi connectivity index (χ4v) is 7.57. The van der Waals surface area contributed by atoms with Gasteiger partial charge in [0, 0.05) is 5.41 Å². The first-order valence-corrected chi connectivity index (χ1v) is 15.2. The van der Waals surface area contributed by atoms with Crippen LogP contribution in [0.5, 0.6) is 0 Å². The zero-order valence-corrected chi connectivity index (χ0v) is 24.4. The fourth-order valence-electron chi connectivity index (χ4n) is 7.57. The number of benzene rings is 8. The Morgan fingerprint density at radius 2 is 0.884 bits per heavy atom. The molecule has 0 amide bonds. The lowest BCUT2D eigenvalue weighted by Crippen LogP contribution is -2.15. The van der Waals surface area contributed by atoms with Crippen molar-refractivity contribution in [2.45, 2.75) is 19.3 Å². The Bertz CT molecular complexity index is 2420. The van der Waals surface area contributed by atoms with Gasteiger partial charge in [0.1, 0.15) is 0 Å². The van der Waals surface area contributed by atoms with Gasteiger partial charge in [0.2, 0.25) is 0 Å². The molecule has 8 aromatic carbocycles. The number of hydrogen-bond acceptors (Lipinski definition) is 0. The van der Waals surface area contributed by atoms with E-state index in [4.69, 9.17) is 0 Å². The van der Waals surface area contributed by atoms with E-state index in [9.17, 15) is 0 Å². The van der Waals surface area contributed by atoms with Gasteiger partial charge in [-0.05, 0) is 112 Å². The lowest BCUT2D eigenvalue weighted by atomic mass is 9.80. The third-order valence-corrected chi connectivity index (χ3v) is 9.82. The molecule has 1 aliphatic rings. The molecule has 0 nitrogen and oxygen atoms in total. The number of hydrogen-bond donors (Lipinski definition) is 0. The van der Waals surface area contributed by atoms with Crippen molar-refractivity contribution in [1.29, 1.82) is 0 Å². The Labute approximate surface area is 251 Å². The first kappa shape index (κ1) is 24.4. The van der Waals surface area contributed by atoms with Gasteiger partial charge in [-0.1, -0.05) is 135 Å². The Balaban J connectivity index is 1.20. The van der Waals surface area contributed by atoms with Gasteiger partial charge in [-0.15, -0.1) is 0 Å². The molecule has 0 fully saturated rings. The molecule has 0 aromatic heterocycles. The van der Waals surface area contributed by atoms with E-state index in [1.807, 2.05) is 0 Å². The van der Waals surface area contributed by atoms with E-state index < -0.39 is 0 Å². The first-order chi connectivity index (χ1) is 21.1. The minimum Gasteiger partial charge on any atom is -0.0616 e. The largest absolute Gasteiger partial charge is 0.0616 e. The van der Waals surface area contributed by atoms with E-state index >= 15 is 0 Å². The summed E-state index contributed by atoms with van der Waals surface area (Å²) >= 11 is 0. The minimum absolute atomic E-state index is 0.101. The topological polar surface area (TPSA) is 0 Å². The van der Waals surface area contributed by atoms with Crippen LogP contribution in [0.1, 0.15) is 25.0 Å². The molecule has 0 aliphatic heterocycles. The Kier molecular flexibility index (Phi) is 5.05. The molecule has 0 saturated heterocycles. The highest BCUT2D eigenvalue weighted by Crippen LogP contribution is 2.51. The lowest BCUT2D eigenvalue weighted by Gasteiger charge is -2.23. The van der Waals surface area contributed by atoms with Crippen LogP contribution in [0.25, 0.3) is 76.5 Å². The molecule has 0 N–H and O–H groups in total. The highest BCUT2D eigenvalue weighted by Gasteiger charge is 2.36. The van der Waals surface area contributed by atoms with E-state index in [1.54, 1.807) is 0 Å². The van der Waals surface area contributed by atoms with Crippen LogP contribution in [0, 0.1) is 0 Å². The molecule has 1 aliphatic carbocycles. The van der Waals surface area contributed by atoms with Crippen LogP contribution in [0.4, 0.5) is 0 Å². The quantitative estimate of drug-likeness (QED) is 0.189. The average molecular weight is 547 g/mol. The zero-order chi connectivity index (χ0) is 28.7. The summed E-state index contributed by atoms with van der Waals surface area (Å²) in [6, 6.07) is 54.2. The molecule has 8 aromatic rings. The summed E-state index contributed by atoms with van der Waals surface area (Å²) in [6.07, 6.45) is 0. The van der Waals surface area contributed by atoms with Crippen molar-refractivity contribution in [2.75, 3.05) is 0 Å². The molecule has 202 valence electrons. The molecule has 0 bridgehead atoms. The zero-order valence-electron chi connectivity index (χ0n) is 24.4. The summed E-state index contributed by atoms with van der Waals surface area (Å²) in [4.78, 5) is 0. The SMILES string of the molecule is CC1(C)c2cc(-c3ccc4ccccc4c3)ccc2-c2ccc(-c3cc4ccc5ccccc5c4c4ccccc34)cc21. The molecular weight excluding hydrogens is 516 g/mol. The van der Waals surface area contributed by atoms with Crippen LogP contribution in [-0.2, 0) is 5.41 Å². The van der Waals surface area contributed by atoms with Crippen LogP contribution < -0.4 is 0 Å². The highest BCUT2D eigenvalue weighted by molar-refractivity contribution is 6.23. The van der Waals surface area contributed by atoms with Crippen molar-refractivity contribution in [3.63, 3.8) is 0 Å². The minimum atomic E-state index is -0.101. The third-order valence-electron chi connectivity index (χ3n) is 9.82. The van der Waals surface area contributed by atoms with Crippen LogP contribution in [-0.4, -0.2) is 0 Å². The molecule has 0 unspecified atom stereocenters. The lowest BCUT2D eigenvalue weighted by molar-refractivity contribution is 0.661. The average Bonchev–Trinajstić information content (AvgIpc) is 3.29. The second-order valence-corrected chi connectivity index (χ2v) is 12.6. The van der Waals surface area contributed by atoms with Crippen molar-refractivity contribution < 1.29 is 0 Å². The Morgan fingerprint density at radius 3 is 1.67 bits per heavy atom. The van der Waals surface area contributed by atoms with Crippen LogP contribution >= 0.6 is 0 Å². The van der Waals surface area contributed by atoms with E-state index in [-0.39, 0.29) is 5.41 Å². The predicted molar refractivity (Wildman–Crippen MR) is 185 cm³/mol. The summed E-state index contributed by atoms with van der Waals surface area (Å²) in [5, 5.41) is 10.4. The summed E-state index contributed by atoms with van der Waals surface area (Å²) in [5.74, 6) is 0. The second kappa shape index (κ2) is 8.90. The van der Waals surface area contributed by atoms with Gasteiger partial charge >= 0.3 is 0 Å². The van der Waals surface area contributed by atoms with E-state index in [2.05, 4.69) is 159 Å². The Morgan fingerprint density at radius 1 is 0.349 bits per heavy atom. The van der Waals surface area contributed by atoms with Gasteiger partial charge in [-0.25, -0.2) is 0 Å². The summed E-state index contributed by atoms with van der Waals surface area (Å²) in [7, 11) is 0. The first-order valence-electron chi connectivity index (χ1n) is 15.2. The van der Waals surface area contributed by atoms with Gasteiger partial charge in [-0.3, -0.25) is 0 Å². The summed E-state index contributed by atoms with van der Waals surface area (Å²) in [6.45, 7) is 4.77. The molecule has 0 saturated carbocycles. The summed E-state index contributed by atoms with van der Waals surface area (Å²) in [5.41, 5.74) is 10.5. The number of fused-ring (bicyclic) bond motifs is 9. The maximum absolute atomic E-state index is 2.46. The van der Waals surface area contributed by atoms with Crippen molar-refractivity contribution in [3.05, 3.63) is 157 Å². The molecule has 9 rings (SSSR count).